The number of hydrogen-bond acceptors (Lipinski definition) is 3. The fraction of sp³-hybridized carbons (Fsp3) is 0.545. The van der Waals surface area contributed by atoms with Gasteiger partial charge in [0.1, 0.15) is 0 Å². The minimum Gasteiger partial charge on any atom is -0.395 e. The first kappa shape index (κ1) is 11.1. The zero-order valence-electron chi connectivity index (χ0n) is 8.77. The Labute approximate surface area is 85.2 Å². The van der Waals surface area contributed by atoms with Crippen LogP contribution in [-0.4, -0.2) is 22.7 Å². The Hall–Kier alpha value is -0.930. The molecule has 2 atom stereocenters. The highest BCUT2D eigenvalue weighted by Gasteiger charge is 2.09. The Balaban J connectivity index is 2.54. The topological polar surface area (TPSA) is 45.1 Å². The van der Waals surface area contributed by atoms with Crippen LogP contribution in [0.25, 0.3) is 0 Å². The van der Waals surface area contributed by atoms with Crippen LogP contribution < -0.4 is 5.32 Å². The average molecular weight is 194 g/mol. The lowest BCUT2D eigenvalue weighted by Crippen LogP contribution is -2.33. The van der Waals surface area contributed by atoms with Gasteiger partial charge < -0.3 is 10.4 Å². The second-order valence-corrected chi connectivity index (χ2v) is 3.46. The molecule has 1 aromatic heterocycles. The fourth-order valence-electron chi connectivity index (χ4n) is 1.40. The number of rotatable bonds is 5. The van der Waals surface area contributed by atoms with Crippen LogP contribution >= 0.6 is 0 Å². The summed E-state index contributed by atoms with van der Waals surface area (Å²) in [6.45, 7) is 4.34. The molecule has 78 valence electrons. The SMILES string of the molecule is CC[C@@H](CO)N[C@@H](C)c1ccncc1. The van der Waals surface area contributed by atoms with Crippen molar-refractivity contribution >= 4 is 0 Å². The van der Waals surface area contributed by atoms with Crippen molar-refractivity contribution in [2.75, 3.05) is 6.61 Å². The molecule has 1 aromatic rings. The molecule has 0 spiro atoms. The lowest BCUT2D eigenvalue weighted by Gasteiger charge is -2.20. The third-order valence-corrected chi connectivity index (χ3v) is 2.40. The van der Waals surface area contributed by atoms with E-state index in [2.05, 4.69) is 24.1 Å². The van der Waals surface area contributed by atoms with Gasteiger partial charge in [0.05, 0.1) is 6.61 Å². The average Bonchev–Trinajstić information content (AvgIpc) is 2.26. The highest BCUT2D eigenvalue weighted by molar-refractivity contribution is 5.14. The minimum absolute atomic E-state index is 0.179. The van der Waals surface area contributed by atoms with Crippen LogP contribution in [0.1, 0.15) is 31.9 Å². The van der Waals surface area contributed by atoms with E-state index in [9.17, 15) is 0 Å². The van der Waals surface area contributed by atoms with E-state index in [-0.39, 0.29) is 18.7 Å². The first-order valence-electron chi connectivity index (χ1n) is 5.04. The summed E-state index contributed by atoms with van der Waals surface area (Å²) in [6, 6.07) is 4.41. The minimum atomic E-state index is 0.179. The molecule has 0 fully saturated rings. The van der Waals surface area contributed by atoms with Gasteiger partial charge in [-0.05, 0) is 31.0 Å². The van der Waals surface area contributed by atoms with Gasteiger partial charge in [0.2, 0.25) is 0 Å². The number of aliphatic hydroxyl groups is 1. The first-order valence-corrected chi connectivity index (χ1v) is 5.04. The molecule has 3 heteroatoms. The molecule has 0 unspecified atom stereocenters. The van der Waals surface area contributed by atoms with Crippen molar-refractivity contribution in [1.29, 1.82) is 0 Å². The summed E-state index contributed by atoms with van der Waals surface area (Å²) in [5, 5.41) is 12.4. The maximum absolute atomic E-state index is 9.05. The van der Waals surface area contributed by atoms with Crippen LogP contribution in [0.4, 0.5) is 0 Å². The Bertz CT molecular complexity index is 247. The van der Waals surface area contributed by atoms with E-state index in [1.54, 1.807) is 12.4 Å². The van der Waals surface area contributed by atoms with E-state index >= 15 is 0 Å². The third kappa shape index (κ3) is 3.09. The number of hydrogen-bond donors (Lipinski definition) is 2. The summed E-state index contributed by atoms with van der Waals surface area (Å²) in [5.74, 6) is 0. The number of aliphatic hydroxyl groups excluding tert-OH is 1. The van der Waals surface area contributed by atoms with Crippen molar-refractivity contribution in [3.8, 4) is 0 Å². The number of aromatic nitrogens is 1. The van der Waals surface area contributed by atoms with Gasteiger partial charge in [0.25, 0.3) is 0 Å². The van der Waals surface area contributed by atoms with Gasteiger partial charge in [-0.2, -0.15) is 0 Å². The summed E-state index contributed by atoms with van der Waals surface area (Å²) in [4.78, 5) is 3.97. The molecule has 0 radical (unpaired) electrons. The molecule has 0 aliphatic heterocycles. The van der Waals surface area contributed by atoms with Crippen LogP contribution in [0.2, 0.25) is 0 Å². The highest BCUT2D eigenvalue weighted by atomic mass is 16.3. The molecule has 3 nitrogen and oxygen atoms in total. The van der Waals surface area contributed by atoms with E-state index in [4.69, 9.17) is 5.11 Å². The fourth-order valence-corrected chi connectivity index (χ4v) is 1.40. The van der Waals surface area contributed by atoms with Gasteiger partial charge in [-0.1, -0.05) is 6.92 Å². The largest absolute Gasteiger partial charge is 0.395 e. The molecule has 0 aliphatic carbocycles. The molecular weight excluding hydrogens is 176 g/mol. The van der Waals surface area contributed by atoms with Crippen molar-refractivity contribution in [1.82, 2.24) is 10.3 Å². The molecule has 0 saturated heterocycles. The normalized spacial score (nSPS) is 15.1. The van der Waals surface area contributed by atoms with Gasteiger partial charge in [-0.25, -0.2) is 0 Å². The lowest BCUT2D eigenvalue weighted by molar-refractivity contribution is 0.230. The summed E-state index contributed by atoms with van der Waals surface area (Å²) in [5.41, 5.74) is 1.20. The van der Waals surface area contributed by atoms with Crippen molar-refractivity contribution in [3.63, 3.8) is 0 Å². The van der Waals surface area contributed by atoms with E-state index in [0.29, 0.717) is 0 Å². The van der Waals surface area contributed by atoms with E-state index < -0.39 is 0 Å². The standard InChI is InChI=1S/C11H18N2O/c1-3-11(8-14)13-9(2)10-4-6-12-7-5-10/h4-7,9,11,13-14H,3,8H2,1-2H3/t9-,11-/m0/s1. The lowest BCUT2D eigenvalue weighted by atomic mass is 10.1. The van der Waals surface area contributed by atoms with Gasteiger partial charge in [-0.3, -0.25) is 4.98 Å². The number of nitrogens with one attached hydrogen (secondary N) is 1. The Morgan fingerprint density at radius 2 is 2.07 bits per heavy atom. The Kier molecular flexibility index (Phi) is 4.56. The maximum Gasteiger partial charge on any atom is 0.0584 e. The van der Waals surface area contributed by atoms with Gasteiger partial charge in [0.15, 0.2) is 0 Å². The second-order valence-electron chi connectivity index (χ2n) is 3.46. The molecule has 0 bridgehead atoms. The smallest absolute Gasteiger partial charge is 0.0584 e. The third-order valence-electron chi connectivity index (χ3n) is 2.40. The van der Waals surface area contributed by atoms with E-state index in [1.165, 1.54) is 5.56 Å². The van der Waals surface area contributed by atoms with Crippen LogP contribution in [-0.2, 0) is 0 Å². The maximum atomic E-state index is 9.05. The quantitative estimate of drug-likeness (QED) is 0.746. The molecule has 1 heterocycles. The predicted octanol–water partition coefficient (Wildman–Crippen LogP) is 1.50. The molecule has 0 amide bonds. The van der Waals surface area contributed by atoms with Crippen molar-refractivity contribution < 1.29 is 5.11 Å². The van der Waals surface area contributed by atoms with Crippen molar-refractivity contribution in [3.05, 3.63) is 30.1 Å². The molecular formula is C11H18N2O. The summed E-state index contributed by atoms with van der Waals surface area (Å²) < 4.78 is 0. The van der Waals surface area contributed by atoms with Crippen LogP contribution in [0.3, 0.4) is 0 Å². The zero-order chi connectivity index (χ0) is 10.4. The summed E-state index contributed by atoms with van der Waals surface area (Å²) in [6.07, 6.45) is 4.51. The summed E-state index contributed by atoms with van der Waals surface area (Å²) >= 11 is 0. The molecule has 2 N–H and O–H groups in total. The first-order chi connectivity index (χ1) is 6.77. The molecule has 0 aromatic carbocycles. The van der Waals surface area contributed by atoms with Crippen LogP contribution in [0.5, 0.6) is 0 Å². The van der Waals surface area contributed by atoms with Crippen LogP contribution in [0, 0.1) is 0 Å². The van der Waals surface area contributed by atoms with Gasteiger partial charge in [-0.15, -0.1) is 0 Å². The van der Waals surface area contributed by atoms with E-state index in [1.807, 2.05) is 12.1 Å². The monoisotopic (exact) mass is 194 g/mol. The van der Waals surface area contributed by atoms with Gasteiger partial charge >= 0.3 is 0 Å². The zero-order valence-corrected chi connectivity index (χ0v) is 8.77. The molecule has 14 heavy (non-hydrogen) atoms. The number of pyridine rings is 1. The van der Waals surface area contributed by atoms with Crippen LogP contribution in [0.15, 0.2) is 24.5 Å². The second kappa shape index (κ2) is 5.73. The number of nitrogens with zero attached hydrogens (tertiary/aromatic N) is 1. The Morgan fingerprint density at radius 1 is 1.43 bits per heavy atom. The van der Waals surface area contributed by atoms with Gasteiger partial charge in [0, 0.05) is 24.5 Å². The molecule has 0 aliphatic rings. The van der Waals surface area contributed by atoms with Crippen molar-refractivity contribution in [2.45, 2.75) is 32.4 Å². The molecule has 1 rings (SSSR count). The summed E-state index contributed by atoms with van der Waals surface area (Å²) in [7, 11) is 0. The Morgan fingerprint density at radius 3 is 2.57 bits per heavy atom. The predicted molar refractivity (Wildman–Crippen MR) is 57.0 cm³/mol. The molecule has 0 saturated carbocycles. The van der Waals surface area contributed by atoms with E-state index in [0.717, 1.165) is 6.42 Å². The van der Waals surface area contributed by atoms with Crippen molar-refractivity contribution in [2.24, 2.45) is 0 Å². The highest BCUT2D eigenvalue weighted by Crippen LogP contribution is 2.11.